The summed E-state index contributed by atoms with van der Waals surface area (Å²) in [5.41, 5.74) is -0.568. The number of H-pyrrole nitrogens is 1. The number of rotatable bonds is 3. The van der Waals surface area contributed by atoms with Gasteiger partial charge in [-0.05, 0) is 0 Å². The maximum atomic E-state index is 10.6. The van der Waals surface area contributed by atoms with Crippen molar-refractivity contribution in [2.45, 2.75) is 0 Å². The number of hydrogen-bond acceptors (Lipinski definition) is 6. The molecule has 0 radical (unpaired) electrons. The van der Waals surface area contributed by atoms with Crippen molar-refractivity contribution >= 4 is 11.4 Å². The molecule has 2 aromatic rings. The molecule has 0 aliphatic heterocycles. The Morgan fingerprint density at radius 3 is 2.56 bits per heavy atom. The smallest absolute Gasteiger partial charge is 0.258 e. The Hall–Kier alpha value is -2.78. The van der Waals surface area contributed by atoms with Crippen molar-refractivity contribution in [1.29, 1.82) is 0 Å². The van der Waals surface area contributed by atoms with E-state index in [-0.39, 0.29) is 17.2 Å². The van der Waals surface area contributed by atoms with Crippen LogP contribution >= 0.6 is 0 Å². The zero-order valence-electron chi connectivity index (χ0n) is 7.60. The van der Waals surface area contributed by atoms with Gasteiger partial charge in [0.2, 0.25) is 5.82 Å². The predicted octanol–water partition coefficient (Wildman–Crippen LogP) is 0.412. The number of aromatic nitrogens is 4. The van der Waals surface area contributed by atoms with E-state index in [9.17, 15) is 20.2 Å². The Morgan fingerprint density at radius 2 is 2.00 bits per heavy atom. The van der Waals surface area contributed by atoms with Crippen molar-refractivity contribution < 1.29 is 9.85 Å². The Bertz CT molecular complexity index is 557. The quantitative estimate of drug-likeness (QED) is 0.592. The average Bonchev–Trinajstić information content (AvgIpc) is 2.86. The lowest BCUT2D eigenvalue weighted by Gasteiger charge is -1.93. The van der Waals surface area contributed by atoms with Crippen molar-refractivity contribution in [3.63, 3.8) is 0 Å². The first kappa shape index (κ1) is 9.76. The Morgan fingerprint density at radius 1 is 1.25 bits per heavy atom. The lowest BCUT2D eigenvalue weighted by molar-refractivity contribution is -0.385. The second kappa shape index (κ2) is 3.42. The molecule has 0 atom stereocenters. The summed E-state index contributed by atoms with van der Waals surface area (Å²) in [7, 11) is 0. The first-order chi connectivity index (χ1) is 7.59. The average molecular weight is 224 g/mol. The number of aromatic amines is 1. The van der Waals surface area contributed by atoms with Gasteiger partial charge in [-0.2, -0.15) is 10.2 Å². The molecule has 10 nitrogen and oxygen atoms in total. The minimum atomic E-state index is -0.660. The lowest BCUT2D eigenvalue weighted by Crippen LogP contribution is -1.99. The van der Waals surface area contributed by atoms with Gasteiger partial charge in [0.25, 0.3) is 0 Å². The van der Waals surface area contributed by atoms with Gasteiger partial charge in [0, 0.05) is 0 Å². The summed E-state index contributed by atoms with van der Waals surface area (Å²) >= 11 is 0. The molecular formula is C6H4N6O4. The van der Waals surface area contributed by atoms with Crippen LogP contribution in [0.25, 0.3) is 5.82 Å². The summed E-state index contributed by atoms with van der Waals surface area (Å²) in [6.45, 7) is 0. The van der Waals surface area contributed by atoms with Crippen LogP contribution in [0.5, 0.6) is 0 Å². The fourth-order valence-corrected chi connectivity index (χ4v) is 1.11. The van der Waals surface area contributed by atoms with Crippen LogP contribution in [0, 0.1) is 20.2 Å². The van der Waals surface area contributed by atoms with Crippen molar-refractivity contribution in [2.75, 3.05) is 0 Å². The summed E-state index contributed by atoms with van der Waals surface area (Å²) < 4.78 is 0.989. The fourth-order valence-electron chi connectivity index (χ4n) is 1.11. The largest absolute Gasteiger partial charge is 0.333 e. The van der Waals surface area contributed by atoms with Crippen molar-refractivity contribution in [3.8, 4) is 5.82 Å². The topological polar surface area (TPSA) is 133 Å². The van der Waals surface area contributed by atoms with Gasteiger partial charge in [0.1, 0.15) is 18.6 Å². The first-order valence-electron chi connectivity index (χ1n) is 3.97. The molecule has 0 aromatic carbocycles. The van der Waals surface area contributed by atoms with Crippen molar-refractivity contribution in [3.05, 3.63) is 38.8 Å². The third kappa shape index (κ3) is 1.47. The highest BCUT2D eigenvalue weighted by atomic mass is 16.6. The van der Waals surface area contributed by atoms with Gasteiger partial charge in [0.05, 0.1) is 9.85 Å². The highest BCUT2D eigenvalue weighted by Crippen LogP contribution is 2.20. The van der Waals surface area contributed by atoms with E-state index in [1.54, 1.807) is 0 Å². The standard InChI is InChI=1S/C6H4N6O4/c13-11(14)4-1-8-10(3-4)6-5(12(15)16)2-7-9-6/h1-3H,(H,7,9). The van der Waals surface area contributed by atoms with E-state index in [1.807, 2.05) is 0 Å². The summed E-state index contributed by atoms with van der Waals surface area (Å²) in [6, 6.07) is 0. The van der Waals surface area contributed by atoms with Crippen molar-refractivity contribution in [2.24, 2.45) is 0 Å². The summed E-state index contributed by atoms with van der Waals surface area (Å²) in [6.07, 6.45) is 3.05. The normalized spacial score (nSPS) is 10.2. The number of nitro groups is 2. The van der Waals surface area contributed by atoms with Gasteiger partial charge in [-0.1, -0.05) is 0 Å². The van der Waals surface area contributed by atoms with Crippen LogP contribution < -0.4 is 0 Å². The van der Waals surface area contributed by atoms with Gasteiger partial charge in [-0.3, -0.25) is 25.3 Å². The molecular weight excluding hydrogens is 220 g/mol. The molecule has 0 spiro atoms. The maximum Gasteiger partial charge on any atom is 0.333 e. The number of nitrogens with one attached hydrogen (secondary N) is 1. The monoisotopic (exact) mass is 224 g/mol. The molecule has 0 aliphatic carbocycles. The zero-order valence-corrected chi connectivity index (χ0v) is 7.60. The molecule has 2 heterocycles. The zero-order chi connectivity index (χ0) is 11.7. The third-order valence-electron chi connectivity index (χ3n) is 1.81. The van der Waals surface area contributed by atoms with E-state index in [2.05, 4.69) is 15.3 Å². The van der Waals surface area contributed by atoms with Crippen LogP contribution in [-0.2, 0) is 0 Å². The lowest BCUT2D eigenvalue weighted by atomic mass is 10.5. The minimum absolute atomic E-state index is 0.0295. The van der Waals surface area contributed by atoms with Gasteiger partial charge < -0.3 is 0 Å². The third-order valence-corrected chi connectivity index (χ3v) is 1.81. The first-order valence-corrected chi connectivity index (χ1v) is 3.97. The summed E-state index contributed by atoms with van der Waals surface area (Å²) in [4.78, 5) is 19.7. The van der Waals surface area contributed by atoms with Crippen LogP contribution in [0.3, 0.4) is 0 Å². The molecule has 10 heteroatoms. The van der Waals surface area contributed by atoms with E-state index in [1.165, 1.54) is 0 Å². The summed E-state index contributed by atoms with van der Waals surface area (Å²) in [5.74, 6) is -0.0295. The molecule has 0 bridgehead atoms. The van der Waals surface area contributed by atoms with Crippen LogP contribution in [-0.4, -0.2) is 29.8 Å². The van der Waals surface area contributed by atoms with Gasteiger partial charge >= 0.3 is 11.4 Å². The predicted molar refractivity (Wildman–Crippen MR) is 49.0 cm³/mol. The molecule has 0 amide bonds. The van der Waals surface area contributed by atoms with E-state index in [0.717, 1.165) is 23.3 Å². The van der Waals surface area contributed by atoms with E-state index >= 15 is 0 Å². The van der Waals surface area contributed by atoms with Crippen LogP contribution in [0.15, 0.2) is 18.6 Å². The molecule has 0 fully saturated rings. The molecule has 2 rings (SSSR count). The molecule has 1 N–H and O–H groups in total. The molecule has 82 valence electrons. The van der Waals surface area contributed by atoms with Gasteiger partial charge in [-0.25, -0.2) is 4.68 Å². The van der Waals surface area contributed by atoms with E-state index in [4.69, 9.17) is 0 Å². The Kier molecular flexibility index (Phi) is 2.08. The second-order valence-electron chi connectivity index (χ2n) is 2.76. The van der Waals surface area contributed by atoms with Crippen LogP contribution in [0.4, 0.5) is 11.4 Å². The number of hydrogen-bond donors (Lipinski definition) is 1. The molecule has 0 saturated carbocycles. The van der Waals surface area contributed by atoms with Crippen LogP contribution in [0.2, 0.25) is 0 Å². The molecule has 0 unspecified atom stereocenters. The molecule has 0 aliphatic rings. The molecule has 0 saturated heterocycles. The van der Waals surface area contributed by atoms with Crippen LogP contribution in [0.1, 0.15) is 0 Å². The SMILES string of the molecule is O=[N+]([O-])c1cnn(-c2[nH]ncc2[N+](=O)[O-])c1. The van der Waals surface area contributed by atoms with E-state index in [0.29, 0.717) is 0 Å². The summed E-state index contributed by atoms with van der Waals surface area (Å²) in [5, 5.41) is 30.4. The second-order valence-corrected chi connectivity index (χ2v) is 2.76. The Labute approximate surface area is 86.8 Å². The number of nitrogens with zero attached hydrogens (tertiary/aromatic N) is 5. The minimum Gasteiger partial charge on any atom is -0.258 e. The molecule has 2 aromatic heterocycles. The van der Waals surface area contributed by atoms with Gasteiger partial charge in [-0.15, -0.1) is 0 Å². The highest BCUT2D eigenvalue weighted by molar-refractivity contribution is 5.45. The van der Waals surface area contributed by atoms with E-state index < -0.39 is 9.85 Å². The highest BCUT2D eigenvalue weighted by Gasteiger charge is 2.20. The van der Waals surface area contributed by atoms with Crippen molar-refractivity contribution in [1.82, 2.24) is 20.0 Å². The Balaban J connectivity index is 2.46. The fraction of sp³-hybridized carbons (Fsp3) is 0. The van der Waals surface area contributed by atoms with Gasteiger partial charge in [0.15, 0.2) is 0 Å². The molecule has 16 heavy (non-hydrogen) atoms. The maximum absolute atomic E-state index is 10.6.